The number of pyridine rings is 1. The molecule has 1 aromatic carbocycles. The van der Waals surface area contributed by atoms with Crippen LogP contribution in [-0.4, -0.2) is 42.7 Å². The van der Waals surface area contributed by atoms with Crippen LogP contribution in [0.4, 0.5) is 0 Å². The molecule has 2 aliphatic rings. The van der Waals surface area contributed by atoms with Crippen molar-refractivity contribution >= 4 is 28.7 Å². The summed E-state index contributed by atoms with van der Waals surface area (Å²) in [7, 11) is 0. The highest BCUT2D eigenvalue weighted by Crippen LogP contribution is 2.38. The lowest BCUT2D eigenvalue weighted by Crippen LogP contribution is -2.49. The van der Waals surface area contributed by atoms with Gasteiger partial charge < -0.3 is 9.64 Å². The van der Waals surface area contributed by atoms with Crippen LogP contribution in [0.1, 0.15) is 36.0 Å². The fourth-order valence-electron chi connectivity index (χ4n) is 4.23. The highest BCUT2D eigenvalue weighted by Gasteiger charge is 2.44. The molecule has 0 saturated carbocycles. The molecule has 2 fully saturated rings. The van der Waals surface area contributed by atoms with Gasteiger partial charge in [0.05, 0.1) is 17.9 Å². The van der Waals surface area contributed by atoms with E-state index in [1.165, 1.54) is 11.7 Å². The Morgan fingerprint density at radius 1 is 1.12 bits per heavy atom. The van der Waals surface area contributed by atoms with Gasteiger partial charge in [-0.3, -0.25) is 9.78 Å². The second-order valence-corrected chi connectivity index (χ2v) is 7.49. The van der Waals surface area contributed by atoms with Gasteiger partial charge in [-0.1, -0.05) is 0 Å². The molecule has 0 N–H and O–H groups in total. The van der Waals surface area contributed by atoms with Gasteiger partial charge in [0.15, 0.2) is 0 Å². The molecular weight excluding hydrogens is 348 g/mol. The highest BCUT2D eigenvalue weighted by molar-refractivity contribution is 7.00. The van der Waals surface area contributed by atoms with Gasteiger partial charge in [-0.25, -0.2) is 0 Å². The van der Waals surface area contributed by atoms with Crippen LogP contribution in [0.5, 0.6) is 5.75 Å². The molecule has 26 heavy (non-hydrogen) atoms. The predicted molar refractivity (Wildman–Crippen MR) is 98.3 cm³/mol. The van der Waals surface area contributed by atoms with Crippen LogP contribution in [-0.2, 0) is 0 Å². The molecule has 1 amide bonds. The summed E-state index contributed by atoms with van der Waals surface area (Å²) in [5.41, 5.74) is 2.34. The van der Waals surface area contributed by atoms with Crippen LogP contribution in [0.3, 0.4) is 0 Å². The van der Waals surface area contributed by atoms with E-state index in [4.69, 9.17) is 4.74 Å². The van der Waals surface area contributed by atoms with E-state index in [1.807, 2.05) is 30.3 Å². The zero-order chi connectivity index (χ0) is 17.5. The van der Waals surface area contributed by atoms with Gasteiger partial charge in [-0.15, -0.1) is 0 Å². The van der Waals surface area contributed by atoms with E-state index in [0.717, 1.165) is 42.5 Å². The van der Waals surface area contributed by atoms with Gasteiger partial charge in [-0.2, -0.15) is 8.75 Å². The minimum atomic E-state index is 0.104. The fourth-order valence-corrected chi connectivity index (χ4v) is 4.75. The van der Waals surface area contributed by atoms with E-state index < -0.39 is 0 Å². The van der Waals surface area contributed by atoms with Crippen molar-refractivity contribution in [3.63, 3.8) is 0 Å². The Hall–Kier alpha value is -2.54. The molecule has 0 radical (unpaired) electrons. The lowest BCUT2D eigenvalue weighted by Gasteiger charge is -2.39. The van der Waals surface area contributed by atoms with E-state index in [-0.39, 0.29) is 24.1 Å². The molecule has 2 atom stereocenters. The average molecular weight is 366 g/mol. The van der Waals surface area contributed by atoms with E-state index >= 15 is 0 Å². The zero-order valence-electron chi connectivity index (χ0n) is 14.1. The number of benzene rings is 1. The van der Waals surface area contributed by atoms with E-state index in [9.17, 15) is 4.79 Å². The lowest BCUT2D eigenvalue weighted by molar-refractivity contribution is 0.0358. The van der Waals surface area contributed by atoms with Crippen molar-refractivity contribution < 1.29 is 9.53 Å². The lowest BCUT2D eigenvalue weighted by atomic mass is 9.98. The Morgan fingerprint density at radius 3 is 2.69 bits per heavy atom. The first-order valence-corrected chi connectivity index (χ1v) is 9.62. The molecule has 2 unspecified atom stereocenters. The normalized spacial score (nSPS) is 24.8. The summed E-state index contributed by atoms with van der Waals surface area (Å²) in [6, 6.07) is 9.91. The van der Waals surface area contributed by atoms with Crippen molar-refractivity contribution in [1.82, 2.24) is 18.6 Å². The third kappa shape index (κ3) is 2.72. The molecule has 3 aromatic rings. The minimum Gasteiger partial charge on any atom is -0.489 e. The number of ether oxygens (including phenoxy) is 1. The third-order valence-corrected chi connectivity index (χ3v) is 5.92. The first kappa shape index (κ1) is 15.7. The van der Waals surface area contributed by atoms with E-state index in [0.29, 0.717) is 5.56 Å². The van der Waals surface area contributed by atoms with Crippen molar-refractivity contribution in [1.29, 1.82) is 0 Å². The van der Waals surface area contributed by atoms with E-state index in [1.54, 1.807) is 12.4 Å². The van der Waals surface area contributed by atoms with Crippen LogP contribution in [0.25, 0.3) is 11.0 Å². The van der Waals surface area contributed by atoms with Crippen LogP contribution < -0.4 is 4.74 Å². The van der Waals surface area contributed by atoms with Crippen molar-refractivity contribution in [2.24, 2.45) is 0 Å². The number of hydrogen-bond donors (Lipinski definition) is 0. The van der Waals surface area contributed by atoms with Gasteiger partial charge >= 0.3 is 0 Å². The van der Waals surface area contributed by atoms with Gasteiger partial charge in [0.2, 0.25) is 0 Å². The van der Waals surface area contributed by atoms with Gasteiger partial charge in [0, 0.05) is 36.7 Å². The number of carbonyl (C=O) groups excluding carboxylic acids is 1. The second-order valence-electron chi connectivity index (χ2n) is 6.97. The maximum atomic E-state index is 13.1. The molecule has 2 bridgehead atoms. The SMILES string of the molecule is O=C(c1ccc2nsnc2c1)N1C2CCC1CC(Oc1cccnc1)C2. The Bertz CT molecular complexity index is 931. The highest BCUT2D eigenvalue weighted by atomic mass is 32.1. The standard InChI is InChI=1S/C19H18N4O2S/c24-19(12-3-6-17-18(8-12)22-26-21-17)23-13-4-5-14(23)10-16(9-13)25-15-2-1-7-20-11-15/h1-3,6-8,11,13-14,16H,4-5,9-10H2. The molecule has 6 nitrogen and oxygen atoms in total. The number of piperidine rings is 1. The summed E-state index contributed by atoms with van der Waals surface area (Å²) in [6.07, 6.45) is 7.47. The first-order chi connectivity index (χ1) is 12.8. The quantitative estimate of drug-likeness (QED) is 0.711. The zero-order valence-corrected chi connectivity index (χ0v) is 14.9. The first-order valence-electron chi connectivity index (χ1n) is 8.89. The number of hydrogen-bond acceptors (Lipinski definition) is 6. The maximum absolute atomic E-state index is 13.1. The van der Waals surface area contributed by atoms with Crippen LogP contribution in [0, 0.1) is 0 Å². The molecule has 132 valence electrons. The number of nitrogens with zero attached hydrogens (tertiary/aromatic N) is 4. The smallest absolute Gasteiger partial charge is 0.254 e. The van der Waals surface area contributed by atoms with Crippen LogP contribution in [0.15, 0.2) is 42.7 Å². The Balaban J connectivity index is 1.34. The van der Waals surface area contributed by atoms with Crippen LogP contribution >= 0.6 is 11.7 Å². The number of carbonyl (C=O) groups is 1. The van der Waals surface area contributed by atoms with Gasteiger partial charge in [-0.05, 0) is 43.2 Å². The number of amides is 1. The fraction of sp³-hybridized carbons (Fsp3) is 0.368. The molecule has 4 heterocycles. The van der Waals surface area contributed by atoms with Crippen LogP contribution in [0.2, 0.25) is 0 Å². The Kier molecular flexibility index (Phi) is 3.81. The monoisotopic (exact) mass is 366 g/mol. The molecule has 2 saturated heterocycles. The predicted octanol–water partition coefficient (Wildman–Crippen LogP) is 3.30. The molecule has 2 aromatic heterocycles. The molecule has 5 rings (SSSR count). The third-order valence-electron chi connectivity index (χ3n) is 5.36. The minimum absolute atomic E-state index is 0.104. The van der Waals surface area contributed by atoms with Gasteiger partial charge in [0.1, 0.15) is 22.9 Å². The Labute approximate surface area is 155 Å². The van der Waals surface area contributed by atoms with E-state index in [2.05, 4.69) is 18.6 Å². The Morgan fingerprint density at radius 2 is 1.92 bits per heavy atom. The second kappa shape index (κ2) is 6.32. The maximum Gasteiger partial charge on any atom is 0.254 e. The van der Waals surface area contributed by atoms with Crippen molar-refractivity contribution in [3.8, 4) is 5.75 Å². The average Bonchev–Trinajstić information content (AvgIpc) is 3.24. The number of fused-ring (bicyclic) bond motifs is 3. The number of rotatable bonds is 3. The summed E-state index contributed by atoms with van der Waals surface area (Å²) in [6.45, 7) is 0. The summed E-state index contributed by atoms with van der Waals surface area (Å²) < 4.78 is 14.6. The number of aromatic nitrogens is 3. The summed E-state index contributed by atoms with van der Waals surface area (Å²) in [5, 5.41) is 0. The molecule has 2 aliphatic heterocycles. The van der Waals surface area contributed by atoms with Crippen molar-refractivity contribution in [3.05, 3.63) is 48.3 Å². The van der Waals surface area contributed by atoms with Gasteiger partial charge in [0.25, 0.3) is 5.91 Å². The summed E-state index contributed by atoms with van der Waals surface area (Å²) in [4.78, 5) is 19.3. The largest absolute Gasteiger partial charge is 0.489 e. The molecule has 7 heteroatoms. The summed E-state index contributed by atoms with van der Waals surface area (Å²) >= 11 is 1.18. The molecule has 0 spiro atoms. The van der Waals surface area contributed by atoms with Crippen molar-refractivity contribution in [2.75, 3.05) is 0 Å². The summed E-state index contributed by atoms with van der Waals surface area (Å²) in [5.74, 6) is 0.908. The topological polar surface area (TPSA) is 68.2 Å². The molecule has 0 aliphatic carbocycles. The van der Waals surface area contributed by atoms with Crippen molar-refractivity contribution in [2.45, 2.75) is 43.9 Å². The molecular formula is C19H18N4O2S.